The lowest BCUT2D eigenvalue weighted by atomic mass is 10.8. The first-order valence-electron chi connectivity index (χ1n) is 1.61. The van der Waals surface area contributed by atoms with Crippen LogP contribution in [0.2, 0.25) is 0 Å². The van der Waals surface area contributed by atoms with E-state index >= 15 is 0 Å². The Labute approximate surface area is 45.5 Å². The van der Waals surface area contributed by atoms with E-state index in [9.17, 15) is 0 Å². The number of hydrogen-bond donors (Lipinski definition) is 0. The highest BCUT2D eigenvalue weighted by atomic mass is 79.9. The van der Waals surface area contributed by atoms with Crippen LogP contribution in [-0.4, -0.2) is 13.2 Å². The van der Waals surface area contributed by atoms with Gasteiger partial charge in [-0.25, -0.2) is 0 Å². The third kappa shape index (κ3) is 1.16. The van der Waals surface area contributed by atoms with Gasteiger partial charge in [0.25, 0.3) is 0 Å². The number of halogens is 1. The average molecular weight is 171 g/mol. The fraction of sp³-hybridized carbons (Fsp3) is 1.00. The molecule has 36 valence electrons. The van der Waals surface area contributed by atoms with E-state index < -0.39 is 7.08 Å². The van der Waals surface area contributed by atoms with Gasteiger partial charge in [0.15, 0.2) is 0 Å². The van der Waals surface area contributed by atoms with Gasteiger partial charge in [0.1, 0.15) is 0 Å². The minimum atomic E-state index is -0.653. The van der Waals surface area contributed by atoms with Crippen LogP contribution >= 0.6 is 22.6 Å². The van der Waals surface area contributed by atoms with Crippen molar-refractivity contribution in [2.45, 2.75) is 0 Å². The van der Waals surface area contributed by atoms with Crippen LogP contribution in [0, 0.1) is 0 Å². The SMILES string of the molecule is BrP1OCCO1. The Morgan fingerprint density at radius 1 is 1.33 bits per heavy atom. The zero-order chi connectivity index (χ0) is 4.41. The number of hydrogen-bond acceptors (Lipinski definition) is 2. The van der Waals surface area contributed by atoms with E-state index in [0.29, 0.717) is 0 Å². The summed E-state index contributed by atoms with van der Waals surface area (Å²) in [4.78, 5) is 0. The quantitative estimate of drug-likeness (QED) is 0.516. The summed E-state index contributed by atoms with van der Waals surface area (Å²) in [6.45, 7) is 1.49. The molecule has 0 atom stereocenters. The minimum absolute atomic E-state index is 0.653. The average Bonchev–Trinajstić information content (AvgIpc) is 1.86. The van der Waals surface area contributed by atoms with Crippen LogP contribution in [0.5, 0.6) is 0 Å². The largest absolute Gasteiger partial charge is 0.323 e. The van der Waals surface area contributed by atoms with Crippen molar-refractivity contribution >= 4 is 22.6 Å². The number of rotatable bonds is 0. The molecule has 0 radical (unpaired) electrons. The monoisotopic (exact) mass is 170 g/mol. The van der Waals surface area contributed by atoms with E-state index in [2.05, 4.69) is 15.5 Å². The van der Waals surface area contributed by atoms with Gasteiger partial charge in [-0.15, -0.1) is 0 Å². The molecule has 1 fully saturated rings. The first-order chi connectivity index (χ1) is 2.89. The molecule has 0 aromatic heterocycles. The molecule has 0 N–H and O–H groups in total. The lowest BCUT2D eigenvalue weighted by molar-refractivity contribution is 0.365. The Morgan fingerprint density at radius 3 is 2.00 bits per heavy atom. The molecule has 2 nitrogen and oxygen atoms in total. The van der Waals surface area contributed by atoms with Gasteiger partial charge in [0, 0.05) is 15.5 Å². The standard InChI is InChI=1S/C2H4BrO2P/c3-6-4-1-2-5-6/h1-2H2. The van der Waals surface area contributed by atoms with Crippen molar-refractivity contribution in [2.24, 2.45) is 0 Å². The molecule has 0 bridgehead atoms. The molecule has 4 heteroatoms. The van der Waals surface area contributed by atoms with Gasteiger partial charge in [0.05, 0.1) is 13.2 Å². The van der Waals surface area contributed by atoms with Crippen LogP contribution in [0.25, 0.3) is 0 Å². The molecule has 1 aliphatic heterocycles. The summed E-state index contributed by atoms with van der Waals surface area (Å²) in [6.07, 6.45) is 0. The van der Waals surface area contributed by atoms with Crippen LogP contribution in [-0.2, 0) is 9.05 Å². The third-order valence-electron chi connectivity index (χ3n) is 0.469. The smallest absolute Gasteiger partial charge is 0.247 e. The highest BCUT2D eigenvalue weighted by Crippen LogP contribution is 2.49. The van der Waals surface area contributed by atoms with Crippen LogP contribution in [0.4, 0.5) is 0 Å². The third-order valence-corrected chi connectivity index (χ3v) is 2.47. The van der Waals surface area contributed by atoms with Crippen LogP contribution < -0.4 is 0 Å². The van der Waals surface area contributed by atoms with Crippen LogP contribution in [0.15, 0.2) is 0 Å². The zero-order valence-electron chi connectivity index (χ0n) is 3.06. The molecular weight excluding hydrogens is 167 g/mol. The zero-order valence-corrected chi connectivity index (χ0v) is 5.54. The molecule has 0 saturated carbocycles. The molecule has 0 spiro atoms. The lowest BCUT2D eigenvalue weighted by Crippen LogP contribution is -1.79. The lowest BCUT2D eigenvalue weighted by Gasteiger charge is -1.90. The molecule has 0 aromatic carbocycles. The maximum atomic E-state index is 4.91. The van der Waals surface area contributed by atoms with Gasteiger partial charge in [-0.2, -0.15) is 0 Å². The molecule has 1 heterocycles. The first kappa shape index (κ1) is 4.98. The van der Waals surface area contributed by atoms with Crippen molar-refractivity contribution < 1.29 is 9.05 Å². The Bertz CT molecular complexity index is 44.8. The highest BCUT2D eigenvalue weighted by Gasteiger charge is 2.11. The molecule has 1 saturated heterocycles. The predicted molar refractivity (Wildman–Crippen MR) is 27.8 cm³/mol. The summed E-state index contributed by atoms with van der Waals surface area (Å²) < 4.78 is 9.82. The summed E-state index contributed by atoms with van der Waals surface area (Å²) in [6, 6.07) is 0. The van der Waals surface area contributed by atoms with Crippen LogP contribution in [0.3, 0.4) is 0 Å². The highest BCUT2D eigenvalue weighted by molar-refractivity contribution is 9.38. The summed E-state index contributed by atoms with van der Waals surface area (Å²) in [5.74, 6) is 0. The Kier molecular flexibility index (Phi) is 1.84. The van der Waals surface area contributed by atoms with Gasteiger partial charge in [-0.05, 0) is 0 Å². The second-order valence-corrected chi connectivity index (χ2v) is 3.56. The summed E-state index contributed by atoms with van der Waals surface area (Å²) in [5, 5.41) is 0. The van der Waals surface area contributed by atoms with E-state index in [1.54, 1.807) is 0 Å². The van der Waals surface area contributed by atoms with Crippen molar-refractivity contribution in [1.82, 2.24) is 0 Å². The van der Waals surface area contributed by atoms with Crippen molar-refractivity contribution in [2.75, 3.05) is 13.2 Å². The van der Waals surface area contributed by atoms with Crippen molar-refractivity contribution in [1.29, 1.82) is 0 Å². The van der Waals surface area contributed by atoms with Crippen LogP contribution in [0.1, 0.15) is 0 Å². The molecular formula is C2H4BrO2P. The molecule has 0 aliphatic carbocycles. The van der Waals surface area contributed by atoms with Gasteiger partial charge in [-0.3, -0.25) is 0 Å². The Balaban J connectivity index is 2.18. The fourth-order valence-electron chi connectivity index (χ4n) is 0.255. The first-order valence-corrected chi connectivity index (χ1v) is 4.81. The Hall–Kier alpha value is 0.830. The van der Waals surface area contributed by atoms with E-state index in [0.717, 1.165) is 13.2 Å². The van der Waals surface area contributed by atoms with E-state index in [-0.39, 0.29) is 0 Å². The molecule has 1 aliphatic rings. The second-order valence-electron chi connectivity index (χ2n) is 0.879. The van der Waals surface area contributed by atoms with Gasteiger partial charge >= 0.3 is 0 Å². The van der Waals surface area contributed by atoms with Crippen molar-refractivity contribution in [3.63, 3.8) is 0 Å². The van der Waals surface area contributed by atoms with E-state index in [1.165, 1.54) is 0 Å². The van der Waals surface area contributed by atoms with Gasteiger partial charge in [-0.1, -0.05) is 0 Å². The van der Waals surface area contributed by atoms with Crippen molar-refractivity contribution in [3.8, 4) is 0 Å². The molecule has 1 rings (SSSR count). The van der Waals surface area contributed by atoms with E-state index in [4.69, 9.17) is 9.05 Å². The normalized spacial score (nSPS) is 25.5. The second kappa shape index (κ2) is 2.22. The maximum absolute atomic E-state index is 4.91. The predicted octanol–water partition coefficient (Wildman–Crippen LogP) is 1.65. The topological polar surface area (TPSA) is 18.5 Å². The van der Waals surface area contributed by atoms with Gasteiger partial charge < -0.3 is 9.05 Å². The molecule has 6 heavy (non-hydrogen) atoms. The summed E-state index contributed by atoms with van der Waals surface area (Å²) >= 11 is 3.16. The fourth-order valence-corrected chi connectivity index (χ4v) is 1.63. The minimum Gasteiger partial charge on any atom is -0.323 e. The van der Waals surface area contributed by atoms with E-state index in [1.807, 2.05) is 0 Å². The van der Waals surface area contributed by atoms with Gasteiger partial charge in [0.2, 0.25) is 7.08 Å². The Morgan fingerprint density at radius 2 is 1.83 bits per heavy atom. The maximum Gasteiger partial charge on any atom is 0.247 e. The molecule has 0 amide bonds. The molecule has 0 aromatic rings. The summed E-state index contributed by atoms with van der Waals surface area (Å²) in [7, 11) is -0.653. The molecule has 0 unspecified atom stereocenters. The summed E-state index contributed by atoms with van der Waals surface area (Å²) in [5.41, 5.74) is 0. The van der Waals surface area contributed by atoms with Crippen molar-refractivity contribution in [3.05, 3.63) is 0 Å².